The molecule has 1 aromatic heterocycles. The van der Waals surface area contributed by atoms with Gasteiger partial charge in [0.05, 0.1) is 34.1 Å². The van der Waals surface area contributed by atoms with Gasteiger partial charge >= 0.3 is 0 Å². The van der Waals surface area contributed by atoms with Crippen LogP contribution in [0.15, 0.2) is 41.5 Å². The van der Waals surface area contributed by atoms with Gasteiger partial charge in [-0.3, -0.25) is 9.59 Å². The SMILES string of the molecule is COc1cc(C=NN2CC(=O)N3Cc4[nH]c5ccccc5c4C[C@H]3C2=O)cc(OC)c1OC. The van der Waals surface area contributed by atoms with Gasteiger partial charge in [-0.2, -0.15) is 5.10 Å². The number of fused-ring (bicyclic) bond motifs is 4. The van der Waals surface area contributed by atoms with Crippen molar-refractivity contribution in [3.8, 4) is 17.2 Å². The number of aromatic nitrogens is 1. The molecule has 3 heterocycles. The highest BCUT2D eigenvalue weighted by Crippen LogP contribution is 2.38. The van der Waals surface area contributed by atoms with E-state index in [0.717, 1.165) is 22.2 Å². The van der Waals surface area contributed by atoms with Crippen molar-refractivity contribution in [3.05, 3.63) is 53.2 Å². The molecule has 2 aliphatic rings. The lowest BCUT2D eigenvalue weighted by molar-refractivity contribution is -0.157. The quantitative estimate of drug-likeness (QED) is 0.605. The third-order valence-corrected chi connectivity index (χ3v) is 6.18. The van der Waals surface area contributed by atoms with Crippen LogP contribution in [-0.2, 0) is 22.6 Å². The molecule has 9 nitrogen and oxygen atoms in total. The predicted molar refractivity (Wildman–Crippen MR) is 122 cm³/mol. The van der Waals surface area contributed by atoms with E-state index in [1.807, 2.05) is 24.3 Å². The lowest BCUT2D eigenvalue weighted by atomic mass is 9.94. The molecule has 3 aromatic rings. The summed E-state index contributed by atoms with van der Waals surface area (Å²) in [7, 11) is 4.59. The second-order valence-electron chi connectivity index (χ2n) is 7.97. The van der Waals surface area contributed by atoms with Crippen LogP contribution in [0.2, 0.25) is 0 Å². The van der Waals surface area contributed by atoms with E-state index in [0.29, 0.717) is 35.8 Å². The van der Waals surface area contributed by atoms with Gasteiger partial charge in [-0.05, 0) is 23.8 Å². The molecule has 2 amide bonds. The Hall–Kier alpha value is -4.01. The number of piperazine rings is 1. The van der Waals surface area contributed by atoms with Gasteiger partial charge in [-0.15, -0.1) is 0 Å². The molecule has 0 unspecified atom stereocenters. The molecule has 1 fully saturated rings. The highest BCUT2D eigenvalue weighted by molar-refractivity contribution is 5.97. The zero-order valence-electron chi connectivity index (χ0n) is 18.6. The average Bonchev–Trinajstić information content (AvgIpc) is 3.21. The first-order valence-corrected chi connectivity index (χ1v) is 10.6. The summed E-state index contributed by atoms with van der Waals surface area (Å²) in [5.41, 5.74) is 3.74. The van der Waals surface area contributed by atoms with Crippen molar-refractivity contribution in [2.75, 3.05) is 27.9 Å². The zero-order chi connectivity index (χ0) is 23.1. The molecule has 33 heavy (non-hydrogen) atoms. The maximum Gasteiger partial charge on any atom is 0.266 e. The lowest BCUT2D eigenvalue weighted by Crippen LogP contribution is -2.60. The number of nitrogens with zero attached hydrogens (tertiary/aromatic N) is 3. The topological polar surface area (TPSA) is 96.5 Å². The van der Waals surface area contributed by atoms with Crippen LogP contribution in [0.1, 0.15) is 16.8 Å². The smallest absolute Gasteiger partial charge is 0.266 e. The standard InChI is InChI=1S/C24H24N4O5/c1-31-20-8-14(9-21(32-2)23(20)33-3)11-25-28-13-22(29)27-12-18-16(10-19(27)24(28)30)15-6-4-5-7-17(15)26-18/h4-9,11,19,26H,10,12-13H2,1-3H3/t19-/m0/s1. The Morgan fingerprint density at radius 1 is 1.03 bits per heavy atom. The summed E-state index contributed by atoms with van der Waals surface area (Å²) >= 11 is 0. The Kier molecular flexibility index (Phi) is 5.16. The normalized spacial score (nSPS) is 18.0. The maximum atomic E-state index is 13.3. The van der Waals surface area contributed by atoms with Gasteiger partial charge in [-0.1, -0.05) is 18.2 Å². The Morgan fingerprint density at radius 2 is 1.76 bits per heavy atom. The summed E-state index contributed by atoms with van der Waals surface area (Å²) < 4.78 is 16.1. The first kappa shape index (κ1) is 20.9. The van der Waals surface area contributed by atoms with Crippen LogP contribution in [0, 0.1) is 0 Å². The molecular formula is C24H24N4O5. The van der Waals surface area contributed by atoms with Gasteiger partial charge in [0.1, 0.15) is 12.6 Å². The molecule has 0 aliphatic carbocycles. The number of hydrazone groups is 1. The highest BCUT2D eigenvalue weighted by Gasteiger charge is 2.43. The number of para-hydroxylation sites is 1. The van der Waals surface area contributed by atoms with Gasteiger partial charge in [0.25, 0.3) is 5.91 Å². The molecule has 1 atom stereocenters. The van der Waals surface area contributed by atoms with Gasteiger partial charge in [-0.25, -0.2) is 5.01 Å². The molecular weight excluding hydrogens is 424 g/mol. The number of rotatable bonds is 5. The van der Waals surface area contributed by atoms with Crippen LogP contribution in [0.25, 0.3) is 10.9 Å². The van der Waals surface area contributed by atoms with Crippen molar-refractivity contribution in [3.63, 3.8) is 0 Å². The fraction of sp³-hybridized carbons (Fsp3) is 0.292. The minimum absolute atomic E-state index is 0.105. The number of nitrogens with one attached hydrogen (secondary N) is 1. The number of hydrogen-bond donors (Lipinski definition) is 1. The van der Waals surface area contributed by atoms with Crippen LogP contribution in [0.3, 0.4) is 0 Å². The second kappa shape index (κ2) is 8.16. The summed E-state index contributed by atoms with van der Waals surface area (Å²) in [5, 5.41) is 6.67. The Bertz CT molecular complexity index is 1260. The number of methoxy groups -OCH3 is 3. The Morgan fingerprint density at radius 3 is 2.45 bits per heavy atom. The van der Waals surface area contributed by atoms with E-state index in [1.54, 1.807) is 17.0 Å². The highest BCUT2D eigenvalue weighted by atomic mass is 16.5. The van der Waals surface area contributed by atoms with Gasteiger partial charge in [0, 0.05) is 28.6 Å². The van der Waals surface area contributed by atoms with E-state index in [9.17, 15) is 9.59 Å². The number of aromatic amines is 1. The first-order valence-electron chi connectivity index (χ1n) is 10.6. The Labute approximate surface area is 190 Å². The summed E-state index contributed by atoms with van der Waals surface area (Å²) in [6, 6.07) is 10.9. The van der Waals surface area contributed by atoms with Gasteiger partial charge in [0.15, 0.2) is 11.5 Å². The monoisotopic (exact) mass is 448 g/mol. The van der Waals surface area contributed by atoms with Crippen LogP contribution in [-0.4, -0.2) is 66.8 Å². The van der Waals surface area contributed by atoms with E-state index >= 15 is 0 Å². The minimum Gasteiger partial charge on any atom is -0.493 e. The van der Waals surface area contributed by atoms with Crippen molar-refractivity contribution in [1.82, 2.24) is 14.9 Å². The van der Waals surface area contributed by atoms with Gasteiger partial charge < -0.3 is 24.1 Å². The van der Waals surface area contributed by atoms with Crippen molar-refractivity contribution in [1.29, 1.82) is 0 Å². The third kappa shape index (κ3) is 3.45. The fourth-order valence-electron chi connectivity index (χ4n) is 4.57. The van der Waals surface area contributed by atoms with Crippen LogP contribution in [0.4, 0.5) is 0 Å². The number of ether oxygens (including phenoxy) is 3. The molecule has 2 aliphatic heterocycles. The molecule has 5 rings (SSSR count). The second-order valence-corrected chi connectivity index (χ2v) is 7.97. The van der Waals surface area contributed by atoms with Gasteiger partial charge in [0.2, 0.25) is 11.7 Å². The number of carbonyl (C=O) groups is 2. The summed E-state index contributed by atoms with van der Waals surface area (Å²) in [6.07, 6.45) is 1.98. The minimum atomic E-state index is -0.574. The summed E-state index contributed by atoms with van der Waals surface area (Å²) in [6.45, 7) is 0.287. The van der Waals surface area contributed by atoms with E-state index in [2.05, 4.69) is 10.1 Å². The van der Waals surface area contributed by atoms with Crippen LogP contribution >= 0.6 is 0 Å². The molecule has 1 N–H and O–H groups in total. The number of amides is 2. The fourth-order valence-corrected chi connectivity index (χ4v) is 4.57. The lowest BCUT2D eigenvalue weighted by Gasteiger charge is -2.40. The molecule has 2 aromatic carbocycles. The van der Waals surface area contributed by atoms with Crippen molar-refractivity contribution < 1.29 is 23.8 Å². The molecule has 0 spiro atoms. The van der Waals surface area contributed by atoms with E-state index in [-0.39, 0.29) is 18.4 Å². The third-order valence-electron chi connectivity index (χ3n) is 6.18. The molecule has 0 saturated carbocycles. The number of benzene rings is 2. The first-order chi connectivity index (χ1) is 16.0. The number of carbonyl (C=O) groups excluding carboxylic acids is 2. The van der Waals surface area contributed by atoms with Crippen molar-refractivity contribution in [2.24, 2.45) is 5.10 Å². The predicted octanol–water partition coefficient (Wildman–Crippen LogP) is 2.32. The Balaban J connectivity index is 1.42. The van der Waals surface area contributed by atoms with E-state index in [1.165, 1.54) is 32.6 Å². The van der Waals surface area contributed by atoms with Crippen molar-refractivity contribution in [2.45, 2.75) is 19.0 Å². The molecule has 0 radical (unpaired) electrons. The number of hydrogen-bond acceptors (Lipinski definition) is 6. The van der Waals surface area contributed by atoms with Crippen LogP contribution in [0.5, 0.6) is 17.2 Å². The maximum absolute atomic E-state index is 13.3. The van der Waals surface area contributed by atoms with E-state index in [4.69, 9.17) is 14.2 Å². The van der Waals surface area contributed by atoms with Crippen LogP contribution < -0.4 is 14.2 Å². The summed E-state index contributed by atoms with van der Waals surface area (Å²) in [4.78, 5) is 31.2. The largest absolute Gasteiger partial charge is 0.493 e. The molecule has 9 heteroatoms. The summed E-state index contributed by atoms with van der Waals surface area (Å²) in [5.74, 6) is 1.09. The van der Waals surface area contributed by atoms with E-state index < -0.39 is 6.04 Å². The zero-order valence-corrected chi connectivity index (χ0v) is 18.6. The van der Waals surface area contributed by atoms with Crippen molar-refractivity contribution >= 4 is 28.9 Å². The molecule has 1 saturated heterocycles. The molecule has 170 valence electrons. The average molecular weight is 448 g/mol. The molecule has 0 bridgehead atoms. The number of H-pyrrole nitrogens is 1.